The molecule has 0 aliphatic rings. The molecule has 0 aromatic rings. The van der Waals surface area contributed by atoms with Gasteiger partial charge in [0.1, 0.15) is 0 Å². The molecule has 0 aromatic heterocycles. The fourth-order valence-corrected chi connectivity index (χ4v) is 0. The van der Waals surface area contributed by atoms with Crippen molar-refractivity contribution < 1.29 is 0 Å². The van der Waals surface area contributed by atoms with Crippen LogP contribution in [0.4, 0.5) is 0 Å². The average Bonchev–Trinajstić information content (AvgIpc) is 0.722. The summed E-state index contributed by atoms with van der Waals surface area (Å²) in [4.78, 5) is 0. The van der Waals surface area contributed by atoms with Gasteiger partial charge in [0.05, 0.1) is 0 Å². The summed E-state index contributed by atoms with van der Waals surface area (Å²) >= 11 is 0. The van der Waals surface area contributed by atoms with Crippen LogP contribution in [0.3, 0.4) is 0 Å². The van der Waals surface area contributed by atoms with Gasteiger partial charge >= 0.3 is 25.8 Å². The van der Waals surface area contributed by atoms with Gasteiger partial charge in [0.2, 0.25) is 0 Å². The van der Waals surface area contributed by atoms with Gasteiger partial charge in [-0.25, -0.2) is 0 Å². The Morgan fingerprint density at radius 1 is 1.17 bits per heavy atom. The monoisotopic (exact) mass is 205 g/mol. The van der Waals surface area contributed by atoms with Crippen LogP contribution in [-0.2, 0) is 0 Å². The van der Waals surface area contributed by atoms with E-state index in [-0.39, 0.29) is 25.8 Å². The van der Waals surface area contributed by atoms with Crippen molar-refractivity contribution in [2.24, 2.45) is 0 Å². The molecule has 0 heterocycles. The van der Waals surface area contributed by atoms with Gasteiger partial charge in [-0.05, 0) is 0 Å². The van der Waals surface area contributed by atoms with Crippen LogP contribution in [0.1, 0.15) is 0 Å². The van der Waals surface area contributed by atoms with E-state index in [0.29, 0.717) is 0 Å². The zero-order valence-corrected chi connectivity index (χ0v) is 5.21. The van der Waals surface area contributed by atoms with Gasteiger partial charge in [-0.3, -0.25) is 0 Å². The summed E-state index contributed by atoms with van der Waals surface area (Å²) in [6.45, 7) is 10.6. The number of hydrogen-bond donors (Lipinski definition) is 0. The Balaban J connectivity index is 0. The predicted molar refractivity (Wildman–Crippen MR) is 38.6 cm³/mol. The molecule has 6 heavy (non-hydrogen) atoms. The maximum absolute atomic E-state index is 3.91. The number of rotatable bonds is 0. The third-order valence-electron chi connectivity index (χ3n) is 0. The first kappa shape index (κ1) is 10.1. The van der Waals surface area contributed by atoms with Gasteiger partial charge < -0.3 is 0 Å². The van der Waals surface area contributed by atoms with Crippen molar-refractivity contribution in [3.05, 3.63) is 6.55 Å². The van der Waals surface area contributed by atoms with E-state index in [9.17, 15) is 0 Å². The van der Waals surface area contributed by atoms with E-state index in [1.165, 1.54) is 0 Å². The normalized spacial score (nSPS) is 10.0. The van der Waals surface area contributed by atoms with Crippen molar-refractivity contribution >= 4 is 33.9 Å². The molecular weight excluding hydrogens is 191 g/mol. The zero-order chi connectivity index (χ0) is 4.50. The van der Waals surface area contributed by atoms with Crippen LogP contribution in [0.25, 0.3) is 0 Å². The van der Waals surface area contributed by atoms with Crippen molar-refractivity contribution in [1.29, 1.82) is 0 Å². The SMILES string of the molecule is [CH2][Si](C)(C)C.[InH3]. The summed E-state index contributed by atoms with van der Waals surface area (Å²) in [5, 5.41) is 0. The fourth-order valence-electron chi connectivity index (χ4n) is 0. The van der Waals surface area contributed by atoms with Gasteiger partial charge in [-0.1, -0.05) is 26.2 Å². The van der Waals surface area contributed by atoms with Crippen LogP contribution in [0.5, 0.6) is 0 Å². The molecule has 0 spiro atoms. The Labute approximate surface area is 60.1 Å². The third kappa shape index (κ3) is 71.9. The molecule has 0 aliphatic carbocycles. The van der Waals surface area contributed by atoms with Crippen molar-refractivity contribution in [2.45, 2.75) is 19.6 Å². The second kappa shape index (κ2) is 3.14. The summed E-state index contributed by atoms with van der Waals surface area (Å²) in [5.41, 5.74) is 0. The van der Waals surface area contributed by atoms with Gasteiger partial charge in [0.25, 0.3) is 0 Å². The first-order valence-corrected chi connectivity index (χ1v) is 5.56. The Kier molecular flexibility index (Phi) is 5.30. The molecule has 0 unspecified atom stereocenters. The summed E-state index contributed by atoms with van der Waals surface area (Å²) in [5.74, 6) is 0. The Morgan fingerprint density at radius 2 is 1.17 bits per heavy atom. The molecule has 0 saturated carbocycles. The van der Waals surface area contributed by atoms with Crippen LogP contribution in [0.2, 0.25) is 19.6 Å². The van der Waals surface area contributed by atoms with E-state index in [1.54, 1.807) is 0 Å². The van der Waals surface area contributed by atoms with Crippen molar-refractivity contribution in [2.75, 3.05) is 0 Å². The Hall–Kier alpha value is 1.09. The van der Waals surface area contributed by atoms with Crippen LogP contribution in [-0.4, -0.2) is 33.9 Å². The second-order valence-electron chi connectivity index (χ2n) is 2.56. The summed E-state index contributed by atoms with van der Waals surface area (Å²) in [7, 11) is -0.861. The Bertz CT molecular complexity index is 23.0. The Morgan fingerprint density at radius 3 is 1.17 bits per heavy atom. The van der Waals surface area contributed by atoms with Crippen LogP contribution in [0.15, 0.2) is 0 Å². The molecule has 37 valence electrons. The zero-order valence-electron chi connectivity index (χ0n) is 4.21. The summed E-state index contributed by atoms with van der Waals surface area (Å²) in [6, 6.07) is 0. The van der Waals surface area contributed by atoms with Crippen LogP contribution >= 0.6 is 0 Å². The maximum atomic E-state index is 3.91. The van der Waals surface area contributed by atoms with Crippen LogP contribution in [0, 0.1) is 6.55 Å². The standard InChI is InChI=1S/C4H11Si.In.3H/c1-5(2,3)4;;;;/h1H2,2-4H3;;;;. The molecule has 0 amide bonds. The third-order valence-corrected chi connectivity index (χ3v) is 0. The molecular formula is C4H14InSi. The summed E-state index contributed by atoms with van der Waals surface area (Å²) < 4.78 is 0. The topological polar surface area (TPSA) is 0 Å². The molecule has 0 aromatic carbocycles. The van der Waals surface area contributed by atoms with E-state index in [1.807, 2.05) is 0 Å². The second-order valence-corrected chi connectivity index (χ2v) is 7.68. The van der Waals surface area contributed by atoms with E-state index in [4.69, 9.17) is 0 Å². The molecule has 0 rings (SSSR count). The van der Waals surface area contributed by atoms with Gasteiger partial charge in [-0.15, -0.1) is 0 Å². The predicted octanol–water partition coefficient (Wildman–Crippen LogP) is 0.514. The van der Waals surface area contributed by atoms with Gasteiger partial charge in [-0.2, -0.15) is 0 Å². The van der Waals surface area contributed by atoms with E-state index in [0.717, 1.165) is 0 Å². The van der Waals surface area contributed by atoms with E-state index < -0.39 is 8.07 Å². The molecule has 0 nitrogen and oxygen atoms in total. The molecule has 0 bridgehead atoms. The van der Waals surface area contributed by atoms with Crippen molar-refractivity contribution in [3.8, 4) is 0 Å². The molecule has 0 N–H and O–H groups in total. The fraction of sp³-hybridized carbons (Fsp3) is 0.750. The molecule has 0 fully saturated rings. The molecule has 0 aliphatic heterocycles. The number of hydrogen-bond acceptors (Lipinski definition) is 0. The van der Waals surface area contributed by atoms with Crippen molar-refractivity contribution in [3.63, 3.8) is 0 Å². The molecule has 1 radical (unpaired) electrons. The van der Waals surface area contributed by atoms with Gasteiger partial charge in [0, 0.05) is 8.07 Å². The first-order valence-electron chi connectivity index (χ1n) is 1.85. The van der Waals surface area contributed by atoms with Gasteiger partial charge in [0.15, 0.2) is 0 Å². The quantitative estimate of drug-likeness (QED) is 0.505. The van der Waals surface area contributed by atoms with E-state index in [2.05, 4.69) is 26.2 Å². The minimum absolute atomic E-state index is 0. The minimum atomic E-state index is -0.861. The summed E-state index contributed by atoms with van der Waals surface area (Å²) in [6.07, 6.45) is 0. The first-order chi connectivity index (χ1) is 2.00. The molecule has 2 heteroatoms. The average molecular weight is 205 g/mol. The molecule has 0 atom stereocenters. The molecule has 0 saturated heterocycles. The van der Waals surface area contributed by atoms with Crippen LogP contribution < -0.4 is 0 Å². The van der Waals surface area contributed by atoms with Crippen molar-refractivity contribution in [1.82, 2.24) is 0 Å². The van der Waals surface area contributed by atoms with E-state index >= 15 is 0 Å².